The third-order valence-corrected chi connectivity index (χ3v) is 6.25. The highest BCUT2D eigenvalue weighted by molar-refractivity contribution is 5.86. The minimum Gasteiger partial charge on any atom is -0.460 e. The van der Waals surface area contributed by atoms with Gasteiger partial charge in [0.2, 0.25) is 11.8 Å². The van der Waals surface area contributed by atoms with Gasteiger partial charge in [-0.15, -0.1) is 0 Å². The summed E-state index contributed by atoms with van der Waals surface area (Å²) >= 11 is 0. The first-order valence-electron chi connectivity index (χ1n) is 13.8. The van der Waals surface area contributed by atoms with Crippen LogP contribution in [0.15, 0.2) is 35.4 Å². The molecule has 1 aliphatic carbocycles. The normalized spacial score (nSPS) is 17.6. The molecule has 0 bridgehead atoms. The van der Waals surface area contributed by atoms with E-state index >= 15 is 0 Å². The van der Waals surface area contributed by atoms with Crippen molar-refractivity contribution < 1.29 is 28.7 Å². The Morgan fingerprint density at radius 1 is 1.15 bits per heavy atom. The largest absolute Gasteiger partial charge is 0.460 e. The Bertz CT molecular complexity index is 1090. The smallest absolute Gasteiger partial charge is 0.408 e. The van der Waals surface area contributed by atoms with Gasteiger partial charge in [-0.05, 0) is 62.5 Å². The van der Waals surface area contributed by atoms with Crippen molar-refractivity contribution >= 4 is 23.9 Å². The van der Waals surface area contributed by atoms with E-state index in [-0.39, 0.29) is 43.9 Å². The monoisotopic (exact) mass is 573 g/mol. The van der Waals surface area contributed by atoms with Crippen molar-refractivity contribution in [1.29, 1.82) is 0 Å². The molecule has 0 aromatic heterocycles. The van der Waals surface area contributed by atoms with Crippen molar-refractivity contribution in [3.8, 4) is 0 Å². The Balaban J connectivity index is 1.99. The molecule has 41 heavy (non-hydrogen) atoms. The number of nitrogens with one attached hydrogen (secondary N) is 3. The predicted octanol–water partition coefficient (Wildman–Crippen LogP) is 3.45. The maximum atomic E-state index is 13.3. The van der Waals surface area contributed by atoms with Gasteiger partial charge >= 0.3 is 12.1 Å². The van der Waals surface area contributed by atoms with Gasteiger partial charge in [0.1, 0.15) is 24.8 Å². The zero-order chi connectivity index (χ0) is 30.6. The summed E-state index contributed by atoms with van der Waals surface area (Å²) in [7, 11) is 1.54. The zero-order valence-corrected chi connectivity index (χ0v) is 24.8. The molecular formula is C28H43N7O6. The van der Waals surface area contributed by atoms with Gasteiger partial charge in [-0.25, -0.2) is 9.80 Å². The Morgan fingerprint density at radius 2 is 1.83 bits per heavy atom. The van der Waals surface area contributed by atoms with E-state index in [1.807, 2.05) is 44.2 Å². The van der Waals surface area contributed by atoms with Crippen LogP contribution >= 0.6 is 0 Å². The van der Waals surface area contributed by atoms with Crippen LogP contribution in [0.25, 0.3) is 10.4 Å². The lowest BCUT2D eigenvalue weighted by atomic mass is 10.0. The number of carbonyl (C=O) groups is 4. The van der Waals surface area contributed by atoms with Crippen molar-refractivity contribution in [1.82, 2.24) is 21.1 Å². The molecule has 0 unspecified atom stereocenters. The number of carbonyl (C=O) groups excluding carboxylic acids is 4. The molecule has 3 N–H and O–H groups in total. The van der Waals surface area contributed by atoms with E-state index in [0.717, 1.165) is 5.56 Å². The summed E-state index contributed by atoms with van der Waals surface area (Å²) in [5, 5.41) is 10.5. The fraction of sp³-hybridized carbons (Fsp3) is 0.643. The third kappa shape index (κ3) is 13.4. The van der Waals surface area contributed by atoms with Crippen LogP contribution in [0.5, 0.6) is 0 Å². The second-order valence-corrected chi connectivity index (χ2v) is 11.8. The summed E-state index contributed by atoms with van der Waals surface area (Å²) in [5.41, 5.74) is 11.4. The Morgan fingerprint density at radius 3 is 2.44 bits per heavy atom. The molecule has 0 saturated heterocycles. The quantitative estimate of drug-likeness (QED) is 0.0946. The molecule has 3 amide bonds. The first-order valence-corrected chi connectivity index (χ1v) is 13.8. The lowest BCUT2D eigenvalue weighted by molar-refractivity contribution is -0.147. The van der Waals surface area contributed by atoms with Gasteiger partial charge in [0.15, 0.2) is 0 Å². The average molecular weight is 574 g/mol. The van der Waals surface area contributed by atoms with Crippen LogP contribution in [0.4, 0.5) is 4.79 Å². The second-order valence-electron chi connectivity index (χ2n) is 11.8. The van der Waals surface area contributed by atoms with Crippen LogP contribution in [0.3, 0.4) is 0 Å². The number of hydrogen-bond donors (Lipinski definition) is 3. The molecule has 13 heteroatoms. The van der Waals surface area contributed by atoms with Crippen molar-refractivity contribution in [2.75, 3.05) is 20.1 Å². The molecule has 0 spiro atoms. The number of azide groups is 1. The highest BCUT2D eigenvalue weighted by atomic mass is 16.6. The van der Waals surface area contributed by atoms with Gasteiger partial charge in [-0.1, -0.05) is 49.3 Å². The molecule has 0 radical (unpaired) electrons. The van der Waals surface area contributed by atoms with Gasteiger partial charge in [0, 0.05) is 31.0 Å². The minimum atomic E-state index is -0.869. The molecular weight excluding hydrogens is 530 g/mol. The van der Waals surface area contributed by atoms with Crippen LogP contribution in [-0.2, 0) is 30.5 Å². The first kappa shape index (κ1) is 33.4. The topological polar surface area (TPSA) is 175 Å². The Hall–Kier alpha value is -3.83. The van der Waals surface area contributed by atoms with E-state index in [2.05, 4.69) is 26.1 Å². The van der Waals surface area contributed by atoms with Crippen molar-refractivity contribution in [2.45, 2.75) is 78.2 Å². The summed E-state index contributed by atoms with van der Waals surface area (Å²) in [6.45, 7) is 9.27. The minimum absolute atomic E-state index is 0.0251. The number of alkyl carbamates (subject to hydrolysis) is 1. The van der Waals surface area contributed by atoms with E-state index in [4.69, 9.17) is 15.0 Å². The molecule has 1 saturated carbocycles. The van der Waals surface area contributed by atoms with Gasteiger partial charge in [-0.3, -0.25) is 19.8 Å². The molecule has 1 fully saturated rings. The summed E-state index contributed by atoms with van der Waals surface area (Å²) in [6, 6.07) is 7.81. The maximum absolute atomic E-state index is 13.3. The lowest BCUT2D eigenvalue weighted by Gasteiger charge is -2.27. The van der Waals surface area contributed by atoms with Crippen LogP contribution in [0.1, 0.15) is 59.4 Å². The SMILES string of the molecule is CC(C)C[C@@H](NC(=O)OC(C)(C)C)C(=O)N[C@H](CC(=O)NN(C)CC(=O)OCc1ccccc1)[C@H]1C[C@H]1CN=[N+]=[N-]. The van der Waals surface area contributed by atoms with Crippen LogP contribution < -0.4 is 16.1 Å². The number of benzene rings is 1. The number of rotatable bonds is 15. The van der Waals surface area contributed by atoms with Crippen LogP contribution in [-0.4, -0.2) is 66.7 Å². The number of hydrogen-bond acceptors (Lipinski definition) is 8. The molecule has 0 aliphatic heterocycles. The standard InChI is InChI=1S/C28H43N7O6/c1-18(2)12-23(32-27(39)41-28(3,4)5)26(38)31-22(21-13-20(21)15-30-34-29)14-24(36)33-35(6)16-25(37)40-17-19-10-8-7-9-11-19/h7-11,18,20-23H,12-17H2,1-6H3,(H,31,38)(H,32,39)(H,33,36)/t20-,21-,22+,23+/m0/s1. The van der Waals surface area contributed by atoms with E-state index in [1.165, 1.54) is 5.01 Å². The molecule has 1 aliphatic rings. The first-order chi connectivity index (χ1) is 19.3. The zero-order valence-electron chi connectivity index (χ0n) is 24.8. The summed E-state index contributed by atoms with van der Waals surface area (Å²) in [4.78, 5) is 53.7. The van der Waals surface area contributed by atoms with Crippen molar-refractivity contribution in [2.24, 2.45) is 22.9 Å². The fourth-order valence-corrected chi connectivity index (χ4v) is 4.34. The van der Waals surface area contributed by atoms with Crippen LogP contribution in [0.2, 0.25) is 0 Å². The van der Waals surface area contributed by atoms with Crippen molar-refractivity contribution in [3.63, 3.8) is 0 Å². The third-order valence-electron chi connectivity index (χ3n) is 6.25. The number of hydrazine groups is 1. The summed E-state index contributed by atoms with van der Waals surface area (Å²) in [6.07, 6.45) is 0.256. The van der Waals surface area contributed by atoms with Crippen molar-refractivity contribution in [3.05, 3.63) is 46.3 Å². The number of likely N-dealkylation sites (N-methyl/N-ethyl adjacent to an activating group) is 1. The number of ether oxygens (including phenoxy) is 2. The van der Waals surface area contributed by atoms with E-state index in [1.54, 1.807) is 27.8 Å². The predicted molar refractivity (Wildman–Crippen MR) is 152 cm³/mol. The average Bonchev–Trinajstić information content (AvgIpc) is 3.64. The van der Waals surface area contributed by atoms with E-state index in [9.17, 15) is 19.2 Å². The van der Waals surface area contributed by atoms with Gasteiger partial charge < -0.3 is 20.1 Å². The summed E-state index contributed by atoms with van der Waals surface area (Å²) < 4.78 is 10.6. The molecule has 4 atom stereocenters. The highest BCUT2D eigenvalue weighted by Gasteiger charge is 2.44. The Labute approximate surface area is 241 Å². The van der Waals surface area contributed by atoms with E-state index < -0.39 is 41.6 Å². The highest BCUT2D eigenvalue weighted by Crippen LogP contribution is 2.42. The maximum Gasteiger partial charge on any atom is 0.408 e. The van der Waals surface area contributed by atoms with Crippen LogP contribution in [0, 0.1) is 17.8 Å². The van der Waals surface area contributed by atoms with Gasteiger partial charge in [0.25, 0.3) is 0 Å². The lowest BCUT2D eigenvalue weighted by Crippen LogP contribution is -2.53. The molecule has 0 heterocycles. The Kier molecular flexibility index (Phi) is 12.9. The van der Waals surface area contributed by atoms with Gasteiger partial charge in [0.05, 0.1) is 0 Å². The molecule has 226 valence electrons. The number of esters is 1. The molecule has 13 nitrogen and oxygen atoms in total. The van der Waals surface area contributed by atoms with Gasteiger partial charge in [-0.2, -0.15) is 0 Å². The second kappa shape index (κ2) is 15.8. The number of nitrogens with zero attached hydrogens (tertiary/aromatic N) is 4. The van der Waals surface area contributed by atoms with E-state index in [0.29, 0.717) is 12.8 Å². The summed E-state index contributed by atoms with van der Waals surface area (Å²) in [5.74, 6) is -1.33. The molecule has 1 aromatic rings. The molecule has 1 aromatic carbocycles. The molecule has 2 rings (SSSR count). The number of amides is 3. The fourth-order valence-electron chi connectivity index (χ4n) is 4.34.